The zero-order valence-electron chi connectivity index (χ0n) is 14.9. The van der Waals surface area contributed by atoms with Gasteiger partial charge in [0.1, 0.15) is 0 Å². The first-order valence-electron chi connectivity index (χ1n) is 8.32. The summed E-state index contributed by atoms with van der Waals surface area (Å²) in [6.07, 6.45) is 0.460. The minimum absolute atomic E-state index is 0.00452. The molecule has 2 rings (SSSR count). The van der Waals surface area contributed by atoms with Gasteiger partial charge >= 0.3 is 0 Å². The number of amides is 2. The molecule has 2 aromatic rings. The molecule has 0 saturated carbocycles. The molecule has 0 aliphatic rings. The Bertz CT molecular complexity index is 824. The van der Waals surface area contributed by atoms with Gasteiger partial charge in [-0.25, -0.2) is 0 Å². The Labute approximate surface area is 173 Å². The molecule has 27 heavy (non-hydrogen) atoms. The highest BCUT2D eigenvalue weighted by Gasteiger charge is 2.09. The molecule has 0 atom stereocenters. The van der Waals surface area contributed by atoms with E-state index in [9.17, 15) is 9.59 Å². The van der Waals surface area contributed by atoms with Crippen molar-refractivity contribution < 1.29 is 9.59 Å². The van der Waals surface area contributed by atoms with E-state index in [1.54, 1.807) is 30.3 Å². The predicted molar refractivity (Wildman–Crippen MR) is 113 cm³/mol. The van der Waals surface area contributed by atoms with Crippen LogP contribution in [0.25, 0.3) is 0 Å². The maximum absolute atomic E-state index is 12.1. The van der Waals surface area contributed by atoms with Crippen molar-refractivity contribution in [3.63, 3.8) is 0 Å². The molecule has 0 aliphatic carbocycles. The Hall–Kier alpha value is -1.95. The summed E-state index contributed by atoms with van der Waals surface area (Å²) < 4.78 is 0. The van der Waals surface area contributed by atoms with Crippen molar-refractivity contribution in [2.24, 2.45) is 5.92 Å². The fourth-order valence-electron chi connectivity index (χ4n) is 2.26. The van der Waals surface area contributed by atoms with Gasteiger partial charge in [0, 0.05) is 17.8 Å². The zero-order chi connectivity index (χ0) is 20.0. The number of benzene rings is 2. The van der Waals surface area contributed by atoms with Crippen molar-refractivity contribution in [1.82, 2.24) is 0 Å². The summed E-state index contributed by atoms with van der Waals surface area (Å²) in [6.45, 7) is 3.97. The van der Waals surface area contributed by atoms with Gasteiger partial charge in [-0.2, -0.15) is 0 Å². The highest BCUT2D eigenvalue weighted by Crippen LogP contribution is 2.32. The van der Waals surface area contributed by atoms with Crippen LogP contribution in [0.5, 0.6) is 0 Å². The minimum atomic E-state index is -0.256. The molecule has 0 unspecified atom stereocenters. The standard InChI is InChI=1S/C19H20Cl3N3O2/c1-11(2)7-18(26)24-12-3-5-13(6-4-12)25-19(27)10-23-17-9-15(21)14(20)8-16(17)22/h3-6,8-9,11,23H,7,10H2,1-2H3,(H,24,26)(H,25,27). The minimum Gasteiger partial charge on any atom is -0.375 e. The van der Waals surface area contributed by atoms with Crippen LogP contribution in [0.4, 0.5) is 17.1 Å². The third kappa shape index (κ3) is 6.94. The van der Waals surface area contributed by atoms with Crippen molar-refractivity contribution in [3.05, 3.63) is 51.5 Å². The predicted octanol–water partition coefficient (Wildman–Crippen LogP) is 5.68. The summed E-state index contributed by atoms with van der Waals surface area (Å²) in [4.78, 5) is 23.8. The average molecular weight is 429 g/mol. The normalized spacial score (nSPS) is 10.6. The number of nitrogens with one attached hydrogen (secondary N) is 3. The number of rotatable bonds is 7. The third-order valence-corrected chi connectivity index (χ3v) is 4.53. The van der Waals surface area contributed by atoms with E-state index in [1.165, 1.54) is 6.07 Å². The highest BCUT2D eigenvalue weighted by molar-refractivity contribution is 6.44. The quantitative estimate of drug-likeness (QED) is 0.497. The molecule has 0 saturated heterocycles. The SMILES string of the molecule is CC(C)CC(=O)Nc1ccc(NC(=O)CNc2cc(Cl)c(Cl)cc2Cl)cc1. The van der Waals surface area contributed by atoms with Crippen LogP contribution in [-0.2, 0) is 9.59 Å². The van der Waals surface area contributed by atoms with E-state index in [4.69, 9.17) is 34.8 Å². The lowest BCUT2D eigenvalue weighted by atomic mass is 10.1. The highest BCUT2D eigenvalue weighted by atomic mass is 35.5. The molecule has 0 fully saturated rings. The van der Waals surface area contributed by atoms with Gasteiger partial charge in [-0.3, -0.25) is 9.59 Å². The lowest BCUT2D eigenvalue weighted by Crippen LogP contribution is -2.22. The molecular formula is C19H20Cl3N3O2. The zero-order valence-corrected chi connectivity index (χ0v) is 17.2. The van der Waals surface area contributed by atoms with Gasteiger partial charge in [-0.15, -0.1) is 0 Å². The Morgan fingerprint density at radius 2 is 1.37 bits per heavy atom. The van der Waals surface area contributed by atoms with E-state index in [0.29, 0.717) is 44.5 Å². The topological polar surface area (TPSA) is 70.2 Å². The molecule has 2 amide bonds. The molecule has 0 heterocycles. The second kappa shape index (κ2) is 9.83. The molecule has 2 aromatic carbocycles. The molecule has 0 aliphatic heterocycles. The first kappa shape index (κ1) is 21.4. The van der Waals surface area contributed by atoms with Crippen LogP contribution in [0.3, 0.4) is 0 Å². The van der Waals surface area contributed by atoms with E-state index in [-0.39, 0.29) is 18.4 Å². The van der Waals surface area contributed by atoms with E-state index in [2.05, 4.69) is 16.0 Å². The van der Waals surface area contributed by atoms with Crippen LogP contribution in [0.15, 0.2) is 36.4 Å². The Morgan fingerprint density at radius 1 is 0.852 bits per heavy atom. The molecule has 3 N–H and O–H groups in total. The molecule has 0 spiro atoms. The summed E-state index contributed by atoms with van der Waals surface area (Å²) in [5.41, 5.74) is 1.81. The molecule has 0 aromatic heterocycles. The van der Waals surface area contributed by atoms with Crippen LogP contribution in [0, 0.1) is 5.92 Å². The van der Waals surface area contributed by atoms with Gasteiger partial charge in [0.05, 0.1) is 27.3 Å². The first-order valence-corrected chi connectivity index (χ1v) is 9.46. The van der Waals surface area contributed by atoms with Gasteiger partial charge in [0.2, 0.25) is 11.8 Å². The van der Waals surface area contributed by atoms with Gasteiger partial charge in [0.25, 0.3) is 0 Å². The number of carbonyl (C=O) groups excluding carboxylic acids is 2. The van der Waals surface area contributed by atoms with Crippen LogP contribution in [-0.4, -0.2) is 18.4 Å². The van der Waals surface area contributed by atoms with E-state index < -0.39 is 0 Å². The van der Waals surface area contributed by atoms with E-state index in [1.807, 2.05) is 13.8 Å². The number of hydrogen-bond donors (Lipinski definition) is 3. The summed E-state index contributed by atoms with van der Waals surface area (Å²) in [6, 6.07) is 9.98. The summed E-state index contributed by atoms with van der Waals surface area (Å²) >= 11 is 17.9. The summed E-state index contributed by atoms with van der Waals surface area (Å²) in [5.74, 6) is -0.00157. The van der Waals surface area contributed by atoms with Gasteiger partial charge in [-0.05, 0) is 42.3 Å². The fourth-order valence-corrected chi connectivity index (χ4v) is 2.87. The van der Waals surface area contributed by atoms with E-state index >= 15 is 0 Å². The third-order valence-electron chi connectivity index (χ3n) is 3.50. The lowest BCUT2D eigenvalue weighted by Gasteiger charge is -2.11. The summed E-state index contributed by atoms with van der Waals surface area (Å²) in [5, 5.41) is 9.55. The smallest absolute Gasteiger partial charge is 0.243 e. The molecular weight excluding hydrogens is 409 g/mol. The second-order valence-electron chi connectivity index (χ2n) is 6.37. The Balaban J connectivity index is 1.87. The van der Waals surface area contributed by atoms with Gasteiger partial charge < -0.3 is 16.0 Å². The van der Waals surface area contributed by atoms with Crippen molar-refractivity contribution in [2.75, 3.05) is 22.5 Å². The molecule has 0 radical (unpaired) electrons. The van der Waals surface area contributed by atoms with Crippen LogP contribution >= 0.6 is 34.8 Å². The maximum Gasteiger partial charge on any atom is 0.243 e. The number of anilines is 3. The summed E-state index contributed by atoms with van der Waals surface area (Å²) in [7, 11) is 0. The fraction of sp³-hybridized carbons (Fsp3) is 0.263. The monoisotopic (exact) mass is 427 g/mol. The van der Waals surface area contributed by atoms with Crippen LogP contribution < -0.4 is 16.0 Å². The van der Waals surface area contributed by atoms with Crippen molar-refractivity contribution >= 4 is 63.7 Å². The number of halogens is 3. The number of hydrogen-bond acceptors (Lipinski definition) is 3. The lowest BCUT2D eigenvalue weighted by molar-refractivity contribution is -0.117. The molecule has 5 nitrogen and oxygen atoms in total. The number of carbonyl (C=O) groups is 2. The second-order valence-corrected chi connectivity index (χ2v) is 7.59. The largest absolute Gasteiger partial charge is 0.375 e. The van der Waals surface area contributed by atoms with Crippen molar-refractivity contribution in [1.29, 1.82) is 0 Å². The van der Waals surface area contributed by atoms with Gasteiger partial charge in [0.15, 0.2) is 0 Å². The Morgan fingerprint density at radius 3 is 1.93 bits per heavy atom. The first-order chi connectivity index (χ1) is 12.7. The average Bonchev–Trinajstić information content (AvgIpc) is 2.58. The molecule has 144 valence electrons. The van der Waals surface area contributed by atoms with Crippen LogP contribution in [0.2, 0.25) is 15.1 Å². The molecule has 8 heteroatoms. The van der Waals surface area contributed by atoms with Crippen molar-refractivity contribution in [3.8, 4) is 0 Å². The van der Waals surface area contributed by atoms with Crippen molar-refractivity contribution in [2.45, 2.75) is 20.3 Å². The molecule has 0 bridgehead atoms. The van der Waals surface area contributed by atoms with E-state index in [0.717, 1.165) is 0 Å². The van der Waals surface area contributed by atoms with Crippen LogP contribution in [0.1, 0.15) is 20.3 Å². The maximum atomic E-state index is 12.1. The Kier molecular flexibility index (Phi) is 7.78. The van der Waals surface area contributed by atoms with Gasteiger partial charge in [-0.1, -0.05) is 48.7 Å².